The monoisotopic (exact) mass is 270 g/mol. The maximum atomic E-state index is 12.2. The number of urea groups is 1. The molecule has 0 bridgehead atoms. The Balaban J connectivity index is 2.61. The van der Waals surface area contributed by atoms with E-state index >= 15 is 0 Å². The van der Waals surface area contributed by atoms with Crippen LogP contribution in [0.25, 0.3) is 0 Å². The third-order valence-electron chi connectivity index (χ3n) is 3.15. The van der Waals surface area contributed by atoms with Crippen molar-refractivity contribution in [3.63, 3.8) is 0 Å². The fraction of sp³-hybridized carbons (Fsp3) is 0.750. The molecule has 0 saturated carbocycles. The van der Waals surface area contributed by atoms with Gasteiger partial charge in [-0.25, -0.2) is 4.79 Å². The van der Waals surface area contributed by atoms with Gasteiger partial charge in [-0.15, -0.1) is 0 Å². The maximum Gasteiger partial charge on any atom is 0.324 e. The van der Waals surface area contributed by atoms with E-state index in [1.54, 1.807) is 11.8 Å². The van der Waals surface area contributed by atoms with Crippen molar-refractivity contribution < 1.29 is 14.4 Å². The van der Waals surface area contributed by atoms with E-state index in [1.807, 2.05) is 13.8 Å². The molecule has 4 amide bonds. The number of likely N-dealkylation sites (N-methyl/N-ethyl adjacent to an activating group) is 2. The van der Waals surface area contributed by atoms with Crippen molar-refractivity contribution >= 4 is 17.8 Å². The normalized spacial score (nSPS) is 16.4. The summed E-state index contributed by atoms with van der Waals surface area (Å²) in [5.74, 6) is -0.379. The number of amides is 4. The number of imide groups is 1. The molecule has 1 aliphatic heterocycles. The second kappa shape index (κ2) is 7.08. The molecular formula is C12H22N4O3. The smallest absolute Gasteiger partial charge is 0.324 e. The first-order chi connectivity index (χ1) is 9.01. The van der Waals surface area contributed by atoms with Gasteiger partial charge in [0.2, 0.25) is 11.8 Å². The number of rotatable bonds is 6. The van der Waals surface area contributed by atoms with Gasteiger partial charge in [-0.1, -0.05) is 6.92 Å². The molecule has 1 saturated heterocycles. The van der Waals surface area contributed by atoms with Crippen LogP contribution in [0.15, 0.2) is 0 Å². The van der Waals surface area contributed by atoms with Gasteiger partial charge in [-0.2, -0.15) is 0 Å². The number of nitrogens with zero attached hydrogens (tertiary/aromatic N) is 2. The summed E-state index contributed by atoms with van der Waals surface area (Å²) in [6.07, 6.45) is 0. The van der Waals surface area contributed by atoms with Crippen molar-refractivity contribution in [2.24, 2.45) is 0 Å². The molecule has 19 heavy (non-hydrogen) atoms. The molecule has 1 rings (SSSR count). The van der Waals surface area contributed by atoms with Crippen LogP contribution >= 0.6 is 0 Å². The third kappa shape index (κ3) is 3.92. The van der Waals surface area contributed by atoms with Crippen molar-refractivity contribution in [1.29, 1.82) is 0 Å². The highest BCUT2D eigenvalue weighted by Crippen LogP contribution is 2.07. The SMILES string of the molecule is CCNC(=O)CN(CC)[C@@H](C)C(=O)N1CCNC1=O. The fourth-order valence-corrected chi connectivity index (χ4v) is 2.02. The maximum absolute atomic E-state index is 12.2. The molecule has 0 spiro atoms. The van der Waals surface area contributed by atoms with Crippen LogP contribution in [0.3, 0.4) is 0 Å². The van der Waals surface area contributed by atoms with E-state index in [-0.39, 0.29) is 24.4 Å². The Morgan fingerprint density at radius 2 is 2.16 bits per heavy atom. The summed E-state index contributed by atoms with van der Waals surface area (Å²) in [7, 11) is 0. The molecule has 7 heteroatoms. The third-order valence-corrected chi connectivity index (χ3v) is 3.15. The van der Waals surface area contributed by atoms with Crippen LogP contribution in [-0.4, -0.2) is 66.4 Å². The van der Waals surface area contributed by atoms with E-state index in [0.29, 0.717) is 26.2 Å². The number of hydrogen-bond donors (Lipinski definition) is 2. The van der Waals surface area contributed by atoms with Crippen LogP contribution in [0.5, 0.6) is 0 Å². The summed E-state index contributed by atoms with van der Waals surface area (Å²) in [6.45, 7) is 7.61. The van der Waals surface area contributed by atoms with Crippen molar-refractivity contribution in [2.45, 2.75) is 26.8 Å². The standard InChI is InChI=1S/C12H22N4O3/c1-4-13-10(17)8-15(5-2)9(3)11(18)16-7-6-14-12(16)19/h9H,4-8H2,1-3H3,(H,13,17)(H,14,19)/t9-/m0/s1. The van der Waals surface area contributed by atoms with E-state index in [1.165, 1.54) is 4.90 Å². The molecule has 1 aliphatic rings. The van der Waals surface area contributed by atoms with Gasteiger partial charge in [0, 0.05) is 19.6 Å². The second-order valence-electron chi connectivity index (χ2n) is 4.41. The largest absolute Gasteiger partial charge is 0.355 e. The lowest BCUT2D eigenvalue weighted by Gasteiger charge is -2.28. The van der Waals surface area contributed by atoms with E-state index < -0.39 is 6.04 Å². The Kier molecular flexibility index (Phi) is 5.75. The van der Waals surface area contributed by atoms with Crippen molar-refractivity contribution in [1.82, 2.24) is 20.4 Å². The number of nitrogens with one attached hydrogen (secondary N) is 2. The van der Waals surface area contributed by atoms with Gasteiger partial charge in [0.05, 0.1) is 12.6 Å². The van der Waals surface area contributed by atoms with Crippen LogP contribution in [0.4, 0.5) is 4.79 Å². The van der Waals surface area contributed by atoms with Gasteiger partial charge < -0.3 is 10.6 Å². The van der Waals surface area contributed by atoms with E-state index in [2.05, 4.69) is 10.6 Å². The Morgan fingerprint density at radius 1 is 1.47 bits per heavy atom. The summed E-state index contributed by atoms with van der Waals surface area (Å²) in [4.78, 5) is 38.2. The lowest BCUT2D eigenvalue weighted by molar-refractivity contribution is -0.133. The molecule has 0 aliphatic carbocycles. The quantitative estimate of drug-likeness (QED) is 0.674. The minimum absolute atomic E-state index is 0.116. The zero-order valence-corrected chi connectivity index (χ0v) is 11.7. The predicted molar refractivity (Wildman–Crippen MR) is 70.5 cm³/mol. The van der Waals surface area contributed by atoms with Crippen molar-refractivity contribution in [3.8, 4) is 0 Å². The first kappa shape index (κ1) is 15.4. The van der Waals surface area contributed by atoms with Gasteiger partial charge in [0.25, 0.3) is 0 Å². The van der Waals surface area contributed by atoms with Crippen molar-refractivity contribution in [2.75, 3.05) is 32.7 Å². The van der Waals surface area contributed by atoms with Crippen LogP contribution in [0.2, 0.25) is 0 Å². The highest BCUT2D eigenvalue weighted by atomic mass is 16.2. The molecule has 0 aromatic rings. The Morgan fingerprint density at radius 3 is 2.63 bits per heavy atom. The molecule has 0 aromatic carbocycles. The summed E-state index contributed by atoms with van der Waals surface area (Å²) in [5.41, 5.74) is 0. The van der Waals surface area contributed by atoms with Crippen molar-refractivity contribution in [3.05, 3.63) is 0 Å². The second-order valence-corrected chi connectivity index (χ2v) is 4.41. The number of carbonyl (C=O) groups excluding carboxylic acids is 3. The minimum Gasteiger partial charge on any atom is -0.355 e. The van der Waals surface area contributed by atoms with Crippen LogP contribution < -0.4 is 10.6 Å². The van der Waals surface area contributed by atoms with Gasteiger partial charge in [0.1, 0.15) is 0 Å². The zero-order valence-electron chi connectivity index (χ0n) is 11.7. The summed E-state index contributed by atoms with van der Waals surface area (Å²) in [6, 6.07) is -0.845. The topological polar surface area (TPSA) is 81.8 Å². The average Bonchev–Trinajstić information content (AvgIpc) is 2.81. The Hall–Kier alpha value is -1.63. The van der Waals surface area contributed by atoms with Crippen LogP contribution in [0, 0.1) is 0 Å². The fourth-order valence-electron chi connectivity index (χ4n) is 2.02. The minimum atomic E-state index is -0.489. The predicted octanol–water partition coefficient (Wildman–Crippen LogP) is -0.615. The number of carbonyl (C=O) groups is 3. The molecule has 2 N–H and O–H groups in total. The molecule has 1 heterocycles. The molecule has 0 radical (unpaired) electrons. The lowest BCUT2D eigenvalue weighted by atomic mass is 10.2. The lowest BCUT2D eigenvalue weighted by Crippen LogP contribution is -2.50. The molecule has 108 valence electrons. The van der Waals surface area contributed by atoms with E-state index in [4.69, 9.17) is 0 Å². The highest BCUT2D eigenvalue weighted by Gasteiger charge is 2.32. The summed E-state index contributed by atoms with van der Waals surface area (Å²) in [5, 5.41) is 5.29. The molecule has 0 aromatic heterocycles. The van der Waals surface area contributed by atoms with Gasteiger partial charge in [0.15, 0.2) is 0 Å². The zero-order chi connectivity index (χ0) is 14.4. The molecule has 7 nitrogen and oxygen atoms in total. The van der Waals surface area contributed by atoms with Gasteiger partial charge in [-0.3, -0.25) is 19.4 Å². The van der Waals surface area contributed by atoms with E-state index in [9.17, 15) is 14.4 Å². The van der Waals surface area contributed by atoms with Gasteiger partial charge >= 0.3 is 6.03 Å². The Bertz CT molecular complexity index is 359. The Labute approximate surface area is 113 Å². The molecule has 1 atom stereocenters. The number of hydrogen-bond acceptors (Lipinski definition) is 4. The first-order valence-electron chi connectivity index (χ1n) is 6.61. The van der Waals surface area contributed by atoms with Crippen LogP contribution in [-0.2, 0) is 9.59 Å². The molecule has 1 fully saturated rings. The van der Waals surface area contributed by atoms with E-state index in [0.717, 1.165) is 0 Å². The van der Waals surface area contributed by atoms with Gasteiger partial charge in [-0.05, 0) is 20.4 Å². The molecule has 0 unspecified atom stereocenters. The summed E-state index contributed by atoms with van der Waals surface area (Å²) < 4.78 is 0. The highest BCUT2D eigenvalue weighted by molar-refractivity contribution is 5.98. The average molecular weight is 270 g/mol. The van der Waals surface area contributed by atoms with Crippen LogP contribution in [0.1, 0.15) is 20.8 Å². The first-order valence-corrected chi connectivity index (χ1v) is 6.61. The molecular weight excluding hydrogens is 248 g/mol. The summed E-state index contributed by atoms with van der Waals surface area (Å²) >= 11 is 0.